The quantitative estimate of drug-likeness (QED) is 0.226. The molecule has 2 aliphatic carbocycles. The van der Waals surface area contributed by atoms with Gasteiger partial charge in [-0.1, -0.05) is 29.9 Å². The largest absolute Gasteiger partial charge is 0.394 e. The van der Waals surface area contributed by atoms with Gasteiger partial charge < -0.3 is 25.4 Å². The van der Waals surface area contributed by atoms with Crippen molar-refractivity contribution in [2.45, 2.75) is 67.4 Å². The number of aromatic nitrogens is 5. The molecule has 10 nitrogen and oxygen atoms in total. The van der Waals surface area contributed by atoms with Crippen molar-refractivity contribution in [1.29, 1.82) is 0 Å². The summed E-state index contributed by atoms with van der Waals surface area (Å²) in [5.41, 5.74) is -1.99. The van der Waals surface area contributed by atoms with E-state index in [-0.39, 0.29) is 9.84 Å². The lowest BCUT2D eigenvalue weighted by Gasteiger charge is -2.17. The Morgan fingerprint density at radius 2 is 2.11 bits per heavy atom. The molecule has 2 aromatic heterocycles. The lowest BCUT2D eigenvalue weighted by molar-refractivity contribution is -0.0629. The molecule has 194 valence electrons. The Morgan fingerprint density at radius 3 is 2.89 bits per heavy atom. The molecule has 13 heteroatoms. The van der Waals surface area contributed by atoms with Gasteiger partial charge in [-0.05, 0) is 30.4 Å². The molecule has 2 aliphatic rings. The maximum Gasteiger partial charge on any atom is 0.191 e. The van der Waals surface area contributed by atoms with E-state index in [0.717, 1.165) is 11.8 Å². The molecule has 2 saturated carbocycles. The van der Waals surface area contributed by atoms with Gasteiger partial charge in [-0.15, -0.1) is 5.10 Å². The first kappa shape index (κ1) is 14.5. The van der Waals surface area contributed by atoms with Gasteiger partial charge in [0, 0.05) is 29.5 Å². The Morgan fingerprint density at radius 1 is 1.28 bits per heavy atom. The molecule has 0 radical (unpaired) electrons. The fourth-order valence-corrected chi connectivity index (χ4v) is 3.93. The predicted molar refractivity (Wildman–Crippen MR) is 128 cm³/mol. The number of ether oxygens (including phenoxy) is 1. The van der Waals surface area contributed by atoms with Crippen molar-refractivity contribution in [3.63, 3.8) is 0 Å². The van der Waals surface area contributed by atoms with Crippen molar-refractivity contribution in [2.75, 3.05) is 24.3 Å². The summed E-state index contributed by atoms with van der Waals surface area (Å²) in [5.74, 6) is -5.65. The van der Waals surface area contributed by atoms with Gasteiger partial charge in [0.25, 0.3) is 0 Å². The Labute approximate surface area is 226 Å². The van der Waals surface area contributed by atoms with E-state index < -0.39 is 114 Å². The summed E-state index contributed by atoms with van der Waals surface area (Å²) in [6.07, 6.45) is -17.4. The third-order valence-electron chi connectivity index (χ3n) is 4.95. The van der Waals surface area contributed by atoms with Crippen LogP contribution in [0.25, 0.3) is 11.2 Å². The first-order chi connectivity index (χ1) is 22.0. The van der Waals surface area contributed by atoms with Gasteiger partial charge in [0.15, 0.2) is 33.8 Å². The minimum absolute atomic E-state index is 0.189. The van der Waals surface area contributed by atoms with Crippen LogP contribution in [0, 0.1) is 11.6 Å². The SMILES string of the molecule is [2H]c1c([2H])c(C2C([2H])([2H])[C@]2([2H])Nc2nc(SCCC)nc3c2nnn3[C@]2([2H])C([2H])([2H])[C@]([2H])(OCCO)[C@@]([2H])(O)[C@@]2([2H])O)c([2H])c(F)c1F. The molecular formula is C23H28F2N6O4S. The van der Waals surface area contributed by atoms with Crippen LogP contribution in [-0.4, -0.2) is 83.5 Å². The number of hydrogen-bond donors (Lipinski definition) is 4. The zero-order valence-electron chi connectivity index (χ0n) is 30.6. The lowest BCUT2D eigenvalue weighted by Crippen LogP contribution is -2.33. The second-order valence-corrected chi connectivity index (χ2v) is 8.54. The summed E-state index contributed by atoms with van der Waals surface area (Å²) >= 11 is 0.965. The highest BCUT2D eigenvalue weighted by molar-refractivity contribution is 7.99. The fraction of sp³-hybridized carbons (Fsp3) is 0.565. The van der Waals surface area contributed by atoms with E-state index in [0.29, 0.717) is 12.2 Å². The van der Waals surface area contributed by atoms with E-state index >= 15 is 0 Å². The zero-order valence-corrected chi connectivity index (χ0v) is 19.4. The highest BCUT2D eigenvalue weighted by atomic mass is 32.2. The van der Waals surface area contributed by atoms with Crippen molar-refractivity contribution < 1.29 is 45.3 Å². The number of aliphatic hydroxyl groups is 3. The van der Waals surface area contributed by atoms with Gasteiger partial charge in [-0.2, -0.15) is 0 Å². The second-order valence-electron chi connectivity index (χ2n) is 7.48. The smallest absolute Gasteiger partial charge is 0.191 e. The summed E-state index contributed by atoms with van der Waals surface area (Å²) < 4.78 is 135. The average molecular weight is 535 g/mol. The van der Waals surface area contributed by atoms with Crippen LogP contribution in [0.1, 0.15) is 60.0 Å². The molecule has 0 saturated heterocycles. The van der Waals surface area contributed by atoms with Crippen LogP contribution in [0.4, 0.5) is 14.6 Å². The number of aliphatic hydroxyl groups excluding tert-OH is 1. The van der Waals surface area contributed by atoms with Gasteiger partial charge in [-0.25, -0.2) is 23.4 Å². The van der Waals surface area contributed by atoms with Crippen LogP contribution < -0.4 is 5.32 Å². The van der Waals surface area contributed by atoms with Crippen molar-refractivity contribution >= 4 is 28.7 Å². The molecular weight excluding hydrogens is 494 g/mol. The van der Waals surface area contributed by atoms with Gasteiger partial charge in [-0.3, -0.25) is 0 Å². The summed E-state index contributed by atoms with van der Waals surface area (Å²) in [6, 6.07) is -9.78. The predicted octanol–water partition coefficient (Wildman–Crippen LogP) is 2.01. The number of anilines is 1. The van der Waals surface area contributed by atoms with E-state index in [9.17, 15) is 24.1 Å². The van der Waals surface area contributed by atoms with E-state index in [4.69, 9.17) is 21.2 Å². The van der Waals surface area contributed by atoms with E-state index in [1.54, 1.807) is 6.92 Å². The van der Waals surface area contributed by atoms with Crippen LogP contribution in [0.5, 0.6) is 0 Å². The number of halogens is 2. The minimum atomic E-state index is -3.97. The Hall–Kier alpha value is -2.45. The maximum atomic E-state index is 14.5. The van der Waals surface area contributed by atoms with Crippen molar-refractivity contribution in [3.05, 3.63) is 35.3 Å². The summed E-state index contributed by atoms with van der Waals surface area (Å²) in [5, 5.41) is 41.0. The maximum absolute atomic E-state index is 14.5. The standard InChI is InChI=1S/C23H28F2N6O4S/c1-2-7-36-23-27-21(26-15-9-12(15)11-3-4-13(24)14(25)8-11)18-22(28-23)31(30-29-18)16-10-17(35-6-5-32)20(34)19(16)33/h3-4,8,12,15-17,19-20,32-34H,2,5-7,9-10H2,1H3,(H,26,27,28)/t12?,15-,16+,17-,19-,20+/m0/s1/i3D,4D,8D,9D2,10D2,15D,16D,17D,19D,20D. The summed E-state index contributed by atoms with van der Waals surface area (Å²) in [4.78, 5) is 8.41. The number of fused-ring (bicyclic) bond motifs is 1. The lowest BCUT2D eigenvalue weighted by atomic mass is 10.1. The number of thioether (sulfide) groups is 1. The summed E-state index contributed by atoms with van der Waals surface area (Å²) in [6.45, 7) is 0.109. The molecule has 2 fully saturated rings. The first-order valence-electron chi connectivity index (χ1n) is 16.7. The first-order valence-corrected chi connectivity index (χ1v) is 11.7. The molecule has 1 unspecified atom stereocenters. The van der Waals surface area contributed by atoms with E-state index in [1.165, 1.54) is 0 Å². The topological polar surface area (TPSA) is 138 Å². The van der Waals surface area contributed by atoms with Gasteiger partial charge in [0.05, 0.1) is 36.3 Å². The van der Waals surface area contributed by atoms with E-state index in [2.05, 4.69) is 25.6 Å². The highest BCUT2D eigenvalue weighted by Crippen LogP contribution is 2.44. The normalized spacial score (nSPS) is 45.4. The minimum Gasteiger partial charge on any atom is -0.394 e. The van der Waals surface area contributed by atoms with Gasteiger partial charge in [0.2, 0.25) is 0 Å². The van der Waals surface area contributed by atoms with Crippen LogP contribution >= 0.6 is 11.8 Å². The van der Waals surface area contributed by atoms with Crippen molar-refractivity contribution in [1.82, 2.24) is 25.0 Å². The molecule has 5 rings (SSSR count). The molecule has 1 aromatic carbocycles. The summed E-state index contributed by atoms with van der Waals surface area (Å²) in [7, 11) is 0. The van der Waals surface area contributed by atoms with Crippen molar-refractivity contribution in [2.24, 2.45) is 0 Å². The molecule has 2 heterocycles. The third-order valence-corrected chi connectivity index (χ3v) is 6.00. The molecule has 0 bridgehead atoms. The number of hydrogen-bond acceptors (Lipinski definition) is 10. The fourth-order valence-electron chi connectivity index (χ4n) is 3.23. The molecule has 4 N–H and O–H groups in total. The number of nitrogens with one attached hydrogen (secondary N) is 1. The van der Waals surface area contributed by atoms with Crippen LogP contribution in [-0.2, 0) is 4.74 Å². The monoisotopic (exact) mass is 534 g/mol. The highest BCUT2D eigenvalue weighted by Gasteiger charge is 2.45. The molecule has 3 aromatic rings. The van der Waals surface area contributed by atoms with Crippen LogP contribution in [0.15, 0.2) is 23.3 Å². The molecule has 36 heavy (non-hydrogen) atoms. The molecule has 0 amide bonds. The molecule has 0 aliphatic heterocycles. The van der Waals surface area contributed by atoms with E-state index in [1.807, 2.05) is 0 Å². The van der Waals surface area contributed by atoms with Crippen LogP contribution in [0.3, 0.4) is 0 Å². The molecule has 6 atom stereocenters. The van der Waals surface area contributed by atoms with Crippen molar-refractivity contribution in [3.8, 4) is 0 Å². The number of nitrogens with zero attached hydrogens (tertiary/aromatic N) is 5. The zero-order chi connectivity index (χ0) is 36.2. The van der Waals surface area contributed by atoms with Gasteiger partial charge >= 0.3 is 0 Å². The second kappa shape index (κ2) is 10.5. The molecule has 0 spiro atoms. The Balaban J connectivity index is 1.71. The number of benzene rings is 1. The average Bonchev–Trinajstić information content (AvgIpc) is 3.26. The number of rotatable bonds is 10. The third kappa shape index (κ3) is 4.90. The van der Waals surface area contributed by atoms with Crippen LogP contribution in [0.2, 0.25) is 0 Å². The van der Waals surface area contributed by atoms with Gasteiger partial charge in [0.1, 0.15) is 12.2 Å². The Bertz CT molecular complexity index is 1780. The Kier molecular flexibility index (Phi) is 4.22.